The van der Waals surface area contributed by atoms with E-state index in [0.29, 0.717) is 0 Å². The molecule has 0 saturated carbocycles. The van der Waals surface area contributed by atoms with Crippen molar-refractivity contribution in [3.63, 3.8) is 0 Å². The summed E-state index contributed by atoms with van der Waals surface area (Å²) in [6.45, 7) is 3.84. The maximum atomic E-state index is 12.0. The molecule has 0 radical (unpaired) electrons. The minimum Gasteiger partial charge on any atom is -0.299 e. The summed E-state index contributed by atoms with van der Waals surface area (Å²) in [4.78, 5) is 12.0. The van der Waals surface area contributed by atoms with Crippen molar-refractivity contribution in [3.8, 4) is 11.1 Å². The van der Waals surface area contributed by atoms with Crippen molar-refractivity contribution in [1.29, 1.82) is 0 Å². The smallest absolute Gasteiger partial charge is 0.141 e. The molecule has 1 atom stereocenters. The molecule has 1 aliphatic carbocycles. The minimum atomic E-state index is -0.0669. The van der Waals surface area contributed by atoms with Gasteiger partial charge in [-0.25, -0.2) is 0 Å². The second-order valence-corrected chi connectivity index (χ2v) is 4.91. The van der Waals surface area contributed by atoms with Gasteiger partial charge in [-0.05, 0) is 41.2 Å². The van der Waals surface area contributed by atoms with Gasteiger partial charge in [0.25, 0.3) is 0 Å². The molecule has 2 aromatic rings. The highest BCUT2D eigenvalue weighted by Crippen LogP contribution is 2.45. The molecule has 18 heavy (non-hydrogen) atoms. The summed E-state index contributed by atoms with van der Waals surface area (Å²) in [5, 5.41) is 0. The molecule has 1 unspecified atom stereocenters. The third-order valence-corrected chi connectivity index (χ3v) is 3.80. The first-order valence-corrected chi connectivity index (χ1v) is 6.45. The number of hydrogen-bond acceptors (Lipinski definition) is 1. The van der Waals surface area contributed by atoms with E-state index in [1.165, 1.54) is 22.3 Å². The van der Waals surface area contributed by atoms with E-state index in [2.05, 4.69) is 37.3 Å². The Hall–Kier alpha value is -1.89. The van der Waals surface area contributed by atoms with E-state index in [1.54, 1.807) is 6.92 Å². The summed E-state index contributed by atoms with van der Waals surface area (Å²) in [7, 11) is 0. The SMILES string of the molecule is CCc1ccc2c(c1)C(C(C)=O)c1ccccc1-2. The van der Waals surface area contributed by atoms with E-state index in [-0.39, 0.29) is 11.7 Å². The van der Waals surface area contributed by atoms with Gasteiger partial charge in [-0.1, -0.05) is 49.4 Å². The number of ketones is 1. The van der Waals surface area contributed by atoms with E-state index in [0.717, 1.165) is 12.0 Å². The molecule has 0 amide bonds. The molecule has 0 spiro atoms. The number of carbonyl (C=O) groups is 1. The fourth-order valence-electron chi connectivity index (χ4n) is 2.92. The molecule has 90 valence electrons. The molecule has 0 aliphatic heterocycles. The zero-order valence-corrected chi connectivity index (χ0v) is 10.7. The molecule has 1 nitrogen and oxygen atoms in total. The van der Waals surface area contributed by atoms with Crippen molar-refractivity contribution >= 4 is 5.78 Å². The highest BCUT2D eigenvalue weighted by Gasteiger charge is 2.31. The second-order valence-electron chi connectivity index (χ2n) is 4.91. The third-order valence-electron chi connectivity index (χ3n) is 3.80. The maximum absolute atomic E-state index is 12.0. The van der Waals surface area contributed by atoms with Crippen LogP contribution in [0.3, 0.4) is 0 Å². The number of hydrogen-bond donors (Lipinski definition) is 0. The molecular weight excluding hydrogens is 220 g/mol. The molecule has 0 bridgehead atoms. The van der Waals surface area contributed by atoms with E-state index >= 15 is 0 Å². The molecule has 0 fully saturated rings. The first-order chi connectivity index (χ1) is 8.72. The molecule has 3 rings (SSSR count). The van der Waals surface area contributed by atoms with Crippen LogP contribution >= 0.6 is 0 Å². The largest absolute Gasteiger partial charge is 0.299 e. The average Bonchev–Trinajstić information content (AvgIpc) is 2.72. The van der Waals surface area contributed by atoms with Gasteiger partial charge in [-0.3, -0.25) is 4.79 Å². The number of aryl methyl sites for hydroxylation is 1. The molecule has 1 aliphatic rings. The maximum Gasteiger partial charge on any atom is 0.141 e. The number of rotatable bonds is 2. The van der Waals surface area contributed by atoms with Crippen molar-refractivity contribution in [1.82, 2.24) is 0 Å². The van der Waals surface area contributed by atoms with Gasteiger partial charge in [0, 0.05) is 0 Å². The van der Waals surface area contributed by atoms with Crippen molar-refractivity contribution in [3.05, 3.63) is 59.2 Å². The van der Waals surface area contributed by atoms with Gasteiger partial charge in [0.2, 0.25) is 0 Å². The Morgan fingerprint density at radius 2 is 1.78 bits per heavy atom. The molecule has 0 heterocycles. The van der Waals surface area contributed by atoms with Crippen molar-refractivity contribution in [2.24, 2.45) is 0 Å². The summed E-state index contributed by atoms with van der Waals surface area (Å²) in [6.07, 6.45) is 1.01. The first-order valence-electron chi connectivity index (χ1n) is 6.45. The van der Waals surface area contributed by atoms with Crippen molar-refractivity contribution in [2.45, 2.75) is 26.2 Å². The van der Waals surface area contributed by atoms with Gasteiger partial charge in [-0.2, -0.15) is 0 Å². The standard InChI is InChI=1S/C17H16O/c1-3-12-8-9-14-13-6-4-5-7-15(13)17(11(2)18)16(14)10-12/h4-10,17H,3H2,1-2H3. The van der Waals surface area contributed by atoms with Crippen LogP contribution in [0.15, 0.2) is 42.5 Å². The van der Waals surface area contributed by atoms with Crippen molar-refractivity contribution in [2.75, 3.05) is 0 Å². The van der Waals surface area contributed by atoms with Crippen LogP contribution < -0.4 is 0 Å². The van der Waals surface area contributed by atoms with Gasteiger partial charge < -0.3 is 0 Å². The van der Waals surface area contributed by atoms with Crippen LogP contribution in [-0.2, 0) is 11.2 Å². The minimum absolute atomic E-state index is 0.0669. The number of carbonyl (C=O) groups excluding carboxylic acids is 1. The lowest BCUT2D eigenvalue weighted by atomic mass is 9.92. The van der Waals surface area contributed by atoms with Crippen LogP contribution in [0.4, 0.5) is 0 Å². The van der Waals surface area contributed by atoms with Crippen molar-refractivity contribution < 1.29 is 4.79 Å². The van der Waals surface area contributed by atoms with Gasteiger partial charge in [-0.15, -0.1) is 0 Å². The Morgan fingerprint density at radius 3 is 2.50 bits per heavy atom. The quantitative estimate of drug-likeness (QED) is 0.771. The summed E-state index contributed by atoms with van der Waals surface area (Å²) in [6, 6.07) is 14.8. The predicted octanol–water partition coefficient (Wildman–Crippen LogP) is 3.95. The Morgan fingerprint density at radius 1 is 1.06 bits per heavy atom. The topological polar surface area (TPSA) is 17.1 Å². The lowest BCUT2D eigenvalue weighted by Crippen LogP contribution is -2.07. The molecule has 0 aromatic heterocycles. The zero-order chi connectivity index (χ0) is 12.7. The molecule has 0 saturated heterocycles. The molecular formula is C17H16O. The fourth-order valence-corrected chi connectivity index (χ4v) is 2.92. The van der Waals surface area contributed by atoms with Crippen LogP contribution in [0.2, 0.25) is 0 Å². The van der Waals surface area contributed by atoms with Gasteiger partial charge in [0.1, 0.15) is 5.78 Å². The van der Waals surface area contributed by atoms with Crippen LogP contribution in [0.25, 0.3) is 11.1 Å². The Labute approximate surface area is 107 Å². The van der Waals surface area contributed by atoms with E-state index < -0.39 is 0 Å². The van der Waals surface area contributed by atoms with E-state index in [1.807, 2.05) is 12.1 Å². The molecule has 1 heteroatoms. The fraction of sp³-hybridized carbons (Fsp3) is 0.235. The highest BCUT2D eigenvalue weighted by molar-refractivity contribution is 5.96. The van der Waals surface area contributed by atoms with Crippen LogP contribution in [0.1, 0.15) is 36.5 Å². The number of Topliss-reactive ketones (excluding diaryl/α,β-unsaturated/α-hetero) is 1. The van der Waals surface area contributed by atoms with Gasteiger partial charge in [0.05, 0.1) is 5.92 Å². The van der Waals surface area contributed by atoms with E-state index in [4.69, 9.17) is 0 Å². The average molecular weight is 236 g/mol. The second kappa shape index (κ2) is 4.09. The van der Waals surface area contributed by atoms with Gasteiger partial charge in [0.15, 0.2) is 0 Å². The summed E-state index contributed by atoms with van der Waals surface area (Å²) in [5.41, 5.74) is 6.09. The molecule has 2 aromatic carbocycles. The van der Waals surface area contributed by atoms with Crippen LogP contribution in [0, 0.1) is 0 Å². The first kappa shape index (κ1) is 11.2. The van der Waals surface area contributed by atoms with Crippen LogP contribution in [-0.4, -0.2) is 5.78 Å². The summed E-state index contributed by atoms with van der Waals surface area (Å²) in [5.74, 6) is 0.164. The number of benzene rings is 2. The monoisotopic (exact) mass is 236 g/mol. The lowest BCUT2D eigenvalue weighted by Gasteiger charge is -2.10. The lowest BCUT2D eigenvalue weighted by molar-refractivity contribution is -0.117. The molecule has 0 N–H and O–H groups in total. The Balaban J connectivity index is 2.28. The summed E-state index contributed by atoms with van der Waals surface area (Å²) >= 11 is 0. The Bertz CT molecular complexity index is 625. The van der Waals surface area contributed by atoms with Crippen LogP contribution in [0.5, 0.6) is 0 Å². The normalized spacial score (nSPS) is 16.2. The number of fused-ring (bicyclic) bond motifs is 3. The summed E-state index contributed by atoms with van der Waals surface area (Å²) < 4.78 is 0. The predicted molar refractivity (Wildman–Crippen MR) is 73.8 cm³/mol. The Kier molecular flexibility index (Phi) is 2.55. The third kappa shape index (κ3) is 1.51. The zero-order valence-electron chi connectivity index (χ0n) is 10.7. The van der Waals surface area contributed by atoms with Gasteiger partial charge >= 0.3 is 0 Å². The highest BCUT2D eigenvalue weighted by atomic mass is 16.1. The van der Waals surface area contributed by atoms with E-state index in [9.17, 15) is 4.79 Å².